The standard InChI is InChI=1S/C18H18N2O3/c1-3-22-17-9-8-14(10-18(17)21-2)12-20-23-13-16-7-5-4-6-15(16)11-19/h4-10,12H,3,13H2,1-2H3/b20-12-. The van der Waals surface area contributed by atoms with Crippen LogP contribution in [0.2, 0.25) is 0 Å². The lowest BCUT2D eigenvalue weighted by atomic mass is 10.1. The number of hydrogen-bond donors (Lipinski definition) is 0. The number of nitrogens with zero attached hydrogens (tertiary/aromatic N) is 2. The van der Waals surface area contributed by atoms with Crippen molar-refractivity contribution in [2.45, 2.75) is 13.5 Å². The summed E-state index contributed by atoms with van der Waals surface area (Å²) >= 11 is 0. The molecular formula is C18H18N2O3. The fraction of sp³-hybridized carbons (Fsp3) is 0.222. The Bertz CT molecular complexity index is 720. The molecule has 2 aromatic carbocycles. The second-order valence-corrected chi connectivity index (χ2v) is 4.62. The Hall–Kier alpha value is -3.00. The van der Waals surface area contributed by atoms with E-state index in [0.29, 0.717) is 23.7 Å². The van der Waals surface area contributed by atoms with Crippen LogP contribution in [0, 0.1) is 11.3 Å². The molecule has 0 aliphatic rings. The molecule has 0 aliphatic heterocycles. The van der Waals surface area contributed by atoms with Gasteiger partial charge in [-0.1, -0.05) is 23.4 Å². The van der Waals surface area contributed by atoms with Gasteiger partial charge in [0.25, 0.3) is 0 Å². The molecule has 118 valence electrons. The highest BCUT2D eigenvalue weighted by atomic mass is 16.6. The van der Waals surface area contributed by atoms with E-state index in [0.717, 1.165) is 11.1 Å². The van der Waals surface area contributed by atoms with E-state index in [4.69, 9.17) is 19.6 Å². The average Bonchev–Trinajstić information content (AvgIpc) is 2.60. The Labute approximate surface area is 135 Å². The van der Waals surface area contributed by atoms with E-state index in [2.05, 4.69) is 11.2 Å². The molecule has 0 fully saturated rings. The molecule has 0 radical (unpaired) electrons. The van der Waals surface area contributed by atoms with E-state index in [1.54, 1.807) is 19.4 Å². The first-order valence-electron chi connectivity index (χ1n) is 7.22. The predicted octanol–water partition coefficient (Wildman–Crippen LogP) is 3.52. The maximum Gasteiger partial charge on any atom is 0.161 e. The van der Waals surface area contributed by atoms with Crippen molar-refractivity contribution in [3.63, 3.8) is 0 Å². The van der Waals surface area contributed by atoms with Crippen molar-refractivity contribution in [3.05, 3.63) is 59.2 Å². The number of ether oxygens (including phenoxy) is 2. The van der Waals surface area contributed by atoms with Crippen molar-refractivity contribution < 1.29 is 14.3 Å². The van der Waals surface area contributed by atoms with Gasteiger partial charge in [0.2, 0.25) is 0 Å². The van der Waals surface area contributed by atoms with Crippen molar-refractivity contribution in [1.82, 2.24) is 0 Å². The maximum atomic E-state index is 9.01. The van der Waals surface area contributed by atoms with Gasteiger partial charge in [-0.2, -0.15) is 5.26 Å². The zero-order chi connectivity index (χ0) is 16.5. The molecule has 0 unspecified atom stereocenters. The minimum Gasteiger partial charge on any atom is -0.493 e. The monoisotopic (exact) mass is 310 g/mol. The van der Waals surface area contributed by atoms with Gasteiger partial charge in [0.15, 0.2) is 11.5 Å². The third-order valence-corrected chi connectivity index (χ3v) is 3.12. The van der Waals surface area contributed by atoms with Crippen LogP contribution in [0.5, 0.6) is 11.5 Å². The van der Waals surface area contributed by atoms with Crippen LogP contribution in [0.15, 0.2) is 47.6 Å². The third-order valence-electron chi connectivity index (χ3n) is 3.12. The molecule has 2 rings (SSSR count). The van der Waals surface area contributed by atoms with Gasteiger partial charge in [0.05, 0.1) is 31.6 Å². The molecule has 0 aliphatic carbocycles. The summed E-state index contributed by atoms with van der Waals surface area (Å²) in [6.07, 6.45) is 1.59. The summed E-state index contributed by atoms with van der Waals surface area (Å²) in [6, 6.07) is 14.9. The maximum absolute atomic E-state index is 9.01. The summed E-state index contributed by atoms with van der Waals surface area (Å²) in [5.41, 5.74) is 2.22. The summed E-state index contributed by atoms with van der Waals surface area (Å²) in [4.78, 5) is 5.26. The van der Waals surface area contributed by atoms with Crippen LogP contribution >= 0.6 is 0 Å². The number of rotatable bonds is 7. The Morgan fingerprint density at radius 2 is 2.00 bits per heavy atom. The Balaban J connectivity index is 1.99. The number of hydrogen-bond acceptors (Lipinski definition) is 5. The van der Waals surface area contributed by atoms with Gasteiger partial charge in [-0.05, 0) is 31.2 Å². The number of oxime groups is 1. The highest BCUT2D eigenvalue weighted by Gasteiger charge is 2.04. The Morgan fingerprint density at radius 3 is 2.74 bits per heavy atom. The first kappa shape index (κ1) is 16.4. The summed E-state index contributed by atoms with van der Waals surface area (Å²) in [6.45, 7) is 2.74. The summed E-state index contributed by atoms with van der Waals surface area (Å²) in [5.74, 6) is 1.33. The molecule has 0 heterocycles. The fourth-order valence-electron chi connectivity index (χ4n) is 2.00. The van der Waals surface area contributed by atoms with Gasteiger partial charge in [-0.25, -0.2) is 0 Å². The van der Waals surface area contributed by atoms with Crippen LogP contribution in [0.25, 0.3) is 0 Å². The number of methoxy groups -OCH3 is 1. The number of benzene rings is 2. The van der Waals surface area contributed by atoms with Crippen LogP contribution in [0.1, 0.15) is 23.6 Å². The predicted molar refractivity (Wildman–Crippen MR) is 87.7 cm³/mol. The zero-order valence-corrected chi connectivity index (χ0v) is 13.2. The summed E-state index contributed by atoms with van der Waals surface area (Å²) in [5, 5.41) is 12.9. The minimum atomic E-state index is 0.244. The quantitative estimate of drug-likeness (QED) is 0.580. The molecule has 0 saturated heterocycles. The van der Waals surface area contributed by atoms with Crippen molar-refractivity contribution in [3.8, 4) is 17.6 Å². The molecule has 0 bridgehead atoms. The molecular weight excluding hydrogens is 292 g/mol. The molecule has 5 heteroatoms. The number of nitriles is 1. The highest BCUT2D eigenvalue weighted by Crippen LogP contribution is 2.27. The Morgan fingerprint density at radius 1 is 1.17 bits per heavy atom. The molecule has 0 amide bonds. The Kier molecular flexibility index (Phi) is 6.01. The van der Waals surface area contributed by atoms with Crippen molar-refractivity contribution >= 4 is 6.21 Å². The zero-order valence-electron chi connectivity index (χ0n) is 13.2. The minimum absolute atomic E-state index is 0.244. The van der Waals surface area contributed by atoms with E-state index >= 15 is 0 Å². The van der Waals surface area contributed by atoms with Gasteiger partial charge in [-0.3, -0.25) is 0 Å². The van der Waals surface area contributed by atoms with E-state index in [9.17, 15) is 0 Å². The lowest BCUT2D eigenvalue weighted by Gasteiger charge is -2.09. The molecule has 0 atom stereocenters. The average molecular weight is 310 g/mol. The van der Waals surface area contributed by atoms with Crippen molar-refractivity contribution in [2.24, 2.45) is 5.16 Å². The first-order chi connectivity index (χ1) is 11.3. The van der Waals surface area contributed by atoms with Gasteiger partial charge >= 0.3 is 0 Å². The molecule has 0 aromatic heterocycles. The molecule has 23 heavy (non-hydrogen) atoms. The normalized spacial score (nSPS) is 10.3. The van der Waals surface area contributed by atoms with Crippen LogP contribution in [0.4, 0.5) is 0 Å². The molecule has 2 aromatic rings. The van der Waals surface area contributed by atoms with Crippen molar-refractivity contribution in [2.75, 3.05) is 13.7 Å². The van der Waals surface area contributed by atoms with Crippen LogP contribution in [-0.2, 0) is 11.4 Å². The molecule has 0 spiro atoms. The topological polar surface area (TPSA) is 63.8 Å². The second-order valence-electron chi connectivity index (χ2n) is 4.62. The van der Waals surface area contributed by atoms with E-state index < -0.39 is 0 Å². The van der Waals surface area contributed by atoms with Gasteiger partial charge < -0.3 is 14.3 Å². The van der Waals surface area contributed by atoms with Crippen LogP contribution in [-0.4, -0.2) is 19.9 Å². The summed E-state index contributed by atoms with van der Waals surface area (Å²) in [7, 11) is 1.59. The van der Waals surface area contributed by atoms with Gasteiger partial charge in [0.1, 0.15) is 6.61 Å². The summed E-state index contributed by atoms with van der Waals surface area (Å²) < 4.78 is 10.7. The smallest absolute Gasteiger partial charge is 0.161 e. The third kappa shape index (κ3) is 4.48. The highest BCUT2D eigenvalue weighted by molar-refractivity contribution is 5.80. The van der Waals surface area contributed by atoms with Crippen LogP contribution in [0.3, 0.4) is 0 Å². The van der Waals surface area contributed by atoms with Crippen molar-refractivity contribution in [1.29, 1.82) is 5.26 Å². The first-order valence-corrected chi connectivity index (χ1v) is 7.22. The van der Waals surface area contributed by atoms with E-state index in [1.807, 2.05) is 43.3 Å². The molecule has 0 saturated carbocycles. The van der Waals surface area contributed by atoms with Gasteiger partial charge in [0, 0.05) is 11.1 Å². The van der Waals surface area contributed by atoms with Gasteiger partial charge in [-0.15, -0.1) is 0 Å². The SMILES string of the molecule is CCOc1ccc(/C=N\OCc2ccccc2C#N)cc1OC. The largest absolute Gasteiger partial charge is 0.493 e. The second kappa shape index (κ2) is 8.44. The van der Waals surface area contributed by atoms with E-state index in [-0.39, 0.29) is 6.61 Å². The van der Waals surface area contributed by atoms with E-state index in [1.165, 1.54) is 0 Å². The lowest BCUT2D eigenvalue weighted by molar-refractivity contribution is 0.132. The molecule has 0 N–H and O–H groups in total. The fourth-order valence-corrected chi connectivity index (χ4v) is 2.00. The molecule has 5 nitrogen and oxygen atoms in total. The van der Waals surface area contributed by atoms with Crippen LogP contribution < -0.4 is 9.47 Å². The lowest BCUT2D eigenvalue weighted by Crippen LogP contribution is -1.96.